The molecule has 1 amide bonds. The van der Waals surface area contributed by atoms with E-state index in [0.717, 1.165) is 0 Å². The zero-order valence-corrected chi connectivity index (χ0v) is 12.4. The van der Waals surface area contributed by atoms with Crippen LogP contribution >= 0.6 is 23.2 Å². The number of rotatable bonds is 4. The molecule has 21 heavy (non-hydrogen) atoms. The van der Waals surface area contributed by atoms with Gasteiger partial charge in [0.2, 0.25) is 5.76 Å². The van der Waals surface area contributed by atoms with Crippen molar-refractivity contribution in [2.75, 3.05) is 11.9 Å². The standard InChI is InChI=1S/C13H10Cl2N2O4/c1-7-4-11(21-17-7)13(19)20-6-12(18)16-10-3-2-8(14)5-9(10)15/h2-5H,6H2,1H3,(H,16,18). The molecule has 0 saturated carbocycles. The molecule has 0 fully saturated rings. The lowest BCUT2D eigenvalue weighted by Gasteiger charge is -2.07. The fourth-order valence-electron chi connectivity index (χ4n) is 1.44. The van der Waals surface area contributed by atoms with Gasteiger partial charge in [0.25, 0.3) is 5.91 Å². The molecule has 2 rings (SSSR count). The van der Waals surface area contributed by atoms with Gasteiger partial charge in [-0.15, -0.1) is 0 Å². The molecule has 0 unspecified atom stereocenters. The van der Waals surface area contributed by atoms with E-state index in [4.69, 9.17) is 32.5 Å². The van der Waals surface area contributed by atoms with Crippen LogP contribution in [0.4, 0.5) is 5.69 Å². The van der Waals surface area contributed by atoms with Crippen LogP contribution in [-0.2, 0) is 9.53 Å². The molecule has 0 aliphatic carbocycles. The highest BCUT2D eigenvalue weighted by atomic mass is 35.5. The Kier molecular flexibility index (Phi) is 4.82. The van der Waals surface area contributed by atoms with Crippen molar-refractivity contribution in [1.29, 1.82) is 0 Å². The zero-order chi connectivity index (χ0) is 15.4. The summed E-state index contributed by atoms with van der Waals surface area (Å²) in [6.07, 6.45) is 0. The van der Waals surface area contributed by atoms with Crippen LogP contribution in [0.1, 0.15) is 16.2 Å². The van der Waals surface area contributed by atoms with Gasteiger partial charge in [-0.25, -0.2) is 4.79 Å². The molecule has 0 atom stereocenters. The number of benzene rings is 1. The summed E-state index contributed by atoms with van der Waals surface area (Å²) < 4.78 is 9.50. The van der Waals surface area contributed by atoms with Crippen LogP contribution in [0.15, 0.2) is 28.8 Å². The SMILES string of the molecule is Cc1cc(C(=O)OCC(=O)Nc2ccc(Cl)cc2Cl)on1. The number of nitrogens with zero attached hydrogens (tertiary/aromatic N) is 1. The Hall–Kier alpha value is -2.05. The number of carbonyl (C=O) groups is 2. The van der Waals surface area contributed by atoms with Crippen LogP contribution in [0.2, 0.25) is 10.0 Å². The first-order chi connectivity index (χ1) is 9.95. The molecule has 1 aromatic carbocycles. The van der Waals surface area contributed by atoms with Crippen molar-refractivity contribution in [3.05, 3.63) is 45.8 Å². The van der Waals surface area contributed by atoms with Crippen molar-refractivity contribution < 1.29 is 18.8 Å². The number of ether oxygens (including phenoxy) is 1. The van der Waals surface area contributed by atoms with Crippen molar-refractivity contribution in [2.45, 2.75) is 6.92 Å². The highest BCUT2D eigenvalue weighted by molar-refractivity contribution is 6.36. The number of carbonyl (C=O) groups excluding carboxylic acids is 2. The summed E-state index contributed by atoms with van der Waals surface area (Å²) in [6.45, 7) is 1.19. The predicted molar refractivity (Wildman–Crippen MR) is 76.6 cm³/mol. The first kappa shape index (κ1) is 15.3. The lowest BCUT2D eigenvalue weighted by Crippen LogP contribution is -2.20. The van der Waals surface area contributed by atoms with Crippen LogP contribution in [0, 0.1) is 6.92 Å². The maximum atomic E-state index is 11.7. The van der Waals surface area contributed by atoms with Crippen LogP contribution in [-0.4, -0.2) is 23.6 Å². The quantitative estimate of drug-likeness (QED) is 0.872. The van der Waals surface area contributed by atoms with E-state index < -0.39 is 18.5 Å². The molecule has 8 heteroatoms. The lowest BCUT2D eigenvalue weighted by molar-refractivity contribution is -0.119. The minimum atomic E-state index is -0.770. The molecule has 110 valence electrons. The molecule has 0 radical (unpaired) electrons. The summed E-state index contributed by atoms with van der Waals surface area (Å²) >= 11 is 11.6. The van der Waals surface area contributed by atoms with E-state index in [1.807, 2.05) is 0 Å². The van der Waals surface area contributed by atoms with E-state index in [9.17, 15) is 9.59 Å². The largest absolute Gasteiger partial charge is 0.450 e. The second-order valence-electron chi connectivity index (χ2n) is 4.08. The summed E-state index contributed by atoms with van der Waals surface area (Å²) in [7, 11) is 0. The number of anilines is 1. The van der Waals surface area contributed by atoms with Gasteiger partial charge in [0.05, 0.1) is 16.4 Å². The van der Waals surface area contributed by atoms with E-state index in [0.29, 0.717) is 16.4 Å². The molecule has 1 aromatic heterocycles. The number of amides is 1. The van der Waals surface area contributed by atoms with E-state index >= 15 is 0 Å². The van der Waals surface area contributed by atoms with E-state index in [1.54, 1.807) is 19.1 Å². The Balaban J connectivity index is 1.89. The average Bonchev–Trinajstić information content (AvgIpc) is 2.86. The van der Waals surface area contributed by atoms with Crippen molar-refractivity contribution in [1.82, 2.24) is 5.16 Å². The van der Waals surface area contributed by atoms with Crippen LogP contribution in [0.5, 0.6) is 0 Å². The summed E-state index contributed by atoms with van der Waals surface area (Å²) in [5.74, 6) is -1.37. The van der Waals surface area contributed by atoms with Crippen LogP contribution in [0.3, 0.4) is 0 Å². The fourth-order valence-corrected chi connectivity index (χ4v) is 1.89. The minimum Gasteiger partial charge on any atom is -0.450 e. The Labute approximate surface area is 130 Å². The molecule has 2 aromatic rings. The Morgan fingerprint density at radius 2 is 2.10 bits per heavy atom. The summed E-state index contributed by atoms with van der Waals surface area (Å²) in [6, 6.07) is 6.02. The molecule has 1 heterocycles. The first-order valence-corrected chi connectivity index (χ1v) is 6.56. The third kappa shape index (κ3) is 4.21. The summed E-state index contributed by atoms with van der Waals surface area (Å²) in [4.78, 5) is 23.2. The van der Waals surface area contributed by atoms with Crippen LogP contribution in [0.25, 0.3) is 0 Å². The van der Waals surface area contributed by atoms with Crippen LogP contribution < -0.4 is 5.32 Å². The van der Waals surface area contributed by atoms with Gasteiger partial charge in [-0.3, -0.25) is 4.79 Å². The molecule has 0 aliphatic rings. The fraction of sp³-hybridized carbons (Fsp3) is 0.154. The summed E-state index contributed by atoms with van der Waals surface area (Å²) in [5, 5.41) is 6.78. The zero-order valence-electron chi connectivity index (χ0n) is 10.9. The van der Waals surface area contributed by atoms with Gasteiger partial charge in [0, 0.05) is 11.1 Å². The Morgan fingerprint density at radius 1 is 1.33 bits per heavy atom. The molecule has 0 aliphatic heterocycles. The highest BCUT2D eigenvalue weighted by Gasteiger charge is 2.15. The number of hydrogen-bond acceptors (Lipinski definition) is 5. The third-order valence-electron chi connectivity index (χ3n) is 2.37. The smallest absolute Gasteiger partial charge is 0.377 e. The van der Waals surface area contributed by atoms with E-state index in [1.165, 1.54) is 12.1 Å². The second kappa shape index (κ2) is 6.60. The number of hydrogen-bond donors (Lipinski definition) is 1. The van der Waals surface area contributed by atoms with Gasteiger partial charge in [-0.2, -0.15) is 0 Å². The summed E-state index contributed by atoms with van der Waals surface area (Å²) in [5.41, 5.74) is 0.914. The van der Waals surface area contributed by atoms with Gasteiger partial charge >= 0.3 is 5.97 Å². The first-order valence-electron chi connectivity index (χ1n) is 5.81. The predicted octanol–water partition coefficient (Wildman–Crippen LogP) is 3.09. The van der Waals surface area contributed by atoms with Gasteiger partial charge in [-0.05, 0) is 25.1 Å². The number of halogens is 2. The Morgan fingerprint density at radius 3 is 2.71 bits per heavy atom. The molecule has 0 bridgehead atoms. The number of aromatic nitrogens is 1. The monoisotopic (exact) mass is 328 g/mol. The van der Waals surface area contributed by atoms with E-state index in [-0.39, 0.29) is 10.8 Å². The van der Waals surface area contributed by atoms with Crippen molar-refractivity contribution >= 4 is 40.8 Å². The molecule has 0 spiro atoms. The van der Waals surface area contributed by atoms with E-state index in [2.05, 4.69) is 10.5 Å². The average molecular weight is 329 g/mol. The minimum absolute atomic E-state index is 0.0650. The molecule has 0 saturated heterocycles. The molecular formula is C13H10Cl2N2O4. The highest BCUT2D eigenvalue weighted by Crippen LogP contribution is 2.25. The van der Waals surface area contributed by atoms with Gasteiger partial charge < -0.3 is 14.6 Å². The van der Waals surface area contributed by atoms with Gasteiger partial charge in [0.15, 0.2) is 6.61 Å². The maximum absolute atomic E-state index is 11.7. The normalized spacial score (nSPS) is 10.2. The van der Waals surface area contributed by atoms with Gasteiger partial charge in [-0.1, -0.05) is 28.4 Å². The van der Waals surface area contributed by atoms with Gasteiger partial charge in [0.1, 0.15) is 0 Å². The number of aryl methyl sites for hydroxylation is 1. The Bertz CT molecular complexity index is 685. The molecular weight excluding hydrogens is 319 g/mol. The number of nitrogens with one attached hydrogen (secondary N) is 1. The third-order valence-corrected chi connectivity index (χ3v) is 2.92. The van der Waals surface area contributed by atoms with Crippen molar-refractivity contribution in [2.24, 2.45) is 0 Å². The van der Waals surface area contributed by atoms with Crippen molar-refractivity contribution in [3.63, 3.8) is 0 Å². The second-order valence-corrected chi connectivity index (χ2v) is 4.92. The lowest BCUT2D eigenvalue weighted by atomic mass is 10.3. The molecule has 1 N–H and O–H groups in total. The van der Waals surface area contributed by atoms with Crippen molar-refractivity contribution in [3.8, 4) is 0 Å². The topological polar surface area (TPSA) is 81.4 Å². The molecule has 6 nitrogen and oxygen atoms in total. The number of esters is 1. The maximum Gasteiger partial charge on any atom is 0.377 e.